The summed E-state index contributed by atoms with van der Waals surface area (Å²) >= 11 is 0. The molecule has 2 N–H and O–H groups in total. The molecule has 3 rings (SSSR count). The first-order chi connectivity index (χ1) is 13.5. The second kappa shape index (κ2) is 9.08. The molecule has 28 heavy (non-hydrogen) atoms. The molecule has 0 bridgehead atoms. The highest BCUT2D eigenvalue weighted by Gasteiger charge is 2.13. The van der Waals surface area contributed by atoms with Gasteiger partial charge < -0.3 is 10.6 Å². The lowest BCUT2D eigenvalue weighted by Crippen LogP contribution is -2.24. The first-order valence-electron chi connectivity index (χ1n) is 9.22. The van der Waals surface area contributed by atoms with E-state index in [1.54, 1.807) is 18.2 Å². The summed E-state index contributed by atoms with van der Waals surface area (Å²) in [4.78, 5) is 21.6. The van der Waals surface area contributed by atoms with Crippen LogP contribution in [0.5, 0.6) is 0 Å². The van der Waals surface area contributed by atoms with E-state index in [-0.39, 0.29) is 17.4 Å². The maximum absolute atomic E-state index is 13.0. The fourth-order valence-electron chi connectivity index (χ4n) is 2.55. The van der Waals surface area contributed by atoms with Gasteiger partial charge in [0.1, 0.15) is 17.3 Å². The maximum Gasteiger partial charge on any atom is 0.270 e. The molecule has 0 unspecified atom stereocenters. The molecule has 0 radical (unpaired) electrons. The van der Waals surface area contributed by atoms with Crippen molar-refractivity contribution in [1.29, 1.82) is 0 Å². The van der Waals surface area contributed by atoms with Crippen molar-refractivity contribution in [3.63, 3.8) is 0 Å². The molecule has 6 heteroatoms. The Morgan fingerprint density at radius 1 is 1.04 bits per heavy atom. The summed E-state index contributed by atoms with van der Waals surface area (Å²) in [5.74, 6) is 0.914. The molecular formula is C22H23FN4O. The number of rotatable bonds is 7. The average molecular weight is 378 g/mol. The average Bonchev–Trinajstić information content (AvgIpc) is 2.72. The normalized spacial score (nSPS) is 10.7. The predicted molar refractivity (Wildman–Crippen MR) is 108 cm³/mol. The predicted octanol–water partition coefficient (Wildman–Crippen LogP) is 4.28. The molecule has 0 aliphatic heterocycles. The zero-order chi connectivity index (χ0) is 19.9. The number of hydrogen-bond acceptors (Lipinski definition) is 4. The summed E-state index contributed by atoms with van der Waals surface area (Å²) in [6.07, 6.45) is 0. The fourth-order valence-corrected chi connectivity index (χ4v) is 2.55. The number of aromatic nitrogens is 2. The third kappa shape index (κ3) is 5.36. The monoisotopic (exact) mass is 378 g/mol. The highest BCUT2D eigenvalue weighted by molar-refractivity contribution is 5.93. The van der Waals surface area contributed by atoms with Gasteiger partial charge in [0.05, 0.1) is 0 Å². The van der Waals surface area contributed by atoms with E-state index in [0.29, 0.717) is 24.1 Å². The van der Waals surface area contributed by atoms with Crippen molar-refractivity contribution in [2.75, 3.05) is 11.9 Å². The zero-order valence-corrected chi connectivity index (χ0v) is 15.9. The minimum Gasteiger partial charge on any atom is -0.370 e. The second-order valence-corrected chi connectivity index (χ2v) is 6.91. The molecule has 3 aromatic rings. The number of anilines is 1. The topological polar surface area (TPSA) is 66.9 Å². The maximum atomic E-state index is 13.0. The van der Waals surface area contributed by atoms with E-state index in [1.807, 2.05) is 30.3 Å². The molecule has 0 saturated heterocycles. The molecule has 0 saturated carbocycles. The van der Waals surface area contributed by atoms with Gasteiger partial charge in [0.15, 0.2) is 5.82 Å². The highest BCUT2D eigenvalue weighted by atomic mass is 19.1. The van der Waals surface area contributed by atoms with Gasteiger partial charge in [-0.2, -0.15) is 0 Å². The van der Waals surface area contributed by atoms with E-state index >= 15 is 0 Å². The summed E-state index contributed by atoms with van der Waals surface area (Å²) < 4.78 is 13.0. The minimum absolute atomic E-state index is 0.280. The van der Waals surface area contributed by atoms with E-state index in [1.165, 1.54) is 12.1 Å². The first-order valence-corrected chi connectivity index (χ1v) is 9.22. The standard InChI is InChI=1S/C22H23FN4O/c1-15(2)13-24-20-12-19(26-21(27-20)17-6-4-3-5-7-17)22(28)25-14-16-8-10-18(23)11-9-16/h3-12,15H,13-14H2,1-2H3,(H,25,28)(H,24,26,27). The summed E-state index contributed by atoms with van der Waals surface area (Å²) in [6.45, 7) is 5.23. The second-order valence-electron chi connectivity index (χ2n) is 6.91. The lowest BCUT2D eigenvalue weighted by Gasteiger charge is -2.12. The van der Waals surface area contributed by atoms with E-state index in [0.717, 1.165) is 17.7 Å². The molecular weight excluding hydrogens is 355 g/mol. The molecule has 0 atom stereocenters. The molecule has 1 heterocycles. The van der Waals surface area contributed by atoms with Gasteiger partial charge in [0.2, 0.25) is 0 Å². The Balaban J connectivity index is 1.82. The van der Waals surface area contributed by atoms with Gasteiger partial charge >= 0.3 is 0 Å². The SMILES string of the molecule is CC(C)CNc1cc(C(=O)NCc2ccc(F)cc2)nc(-c2ccccc2)n1. The van der Waals surface area contributed by atoms with Crippen LogP contribution >= 0.6 is 0 Å². The molecule has 1 amide bonds. The number of carbonyl (C=O) groups excluding carboxylic acids is 1. The summed E-state index contributed by atoms with van der Waals surface area (Å²) in [7, 11) is 0. The van der Waals surface area contributed by atoms with Crippen LogP contribution in [0.4, 0.5) is 10.2 Å². The molecule has 0 aliphatic rings. The highest BCUT2D eigenvalue weighted by Crippen LogP contribution is 2.18. The van der Waals surface area contributed by atoms with Crippen LogP contribution in [0.2, 0.25) is 0 Å². The van der Waals surface area contributed by atoms with Crippen molar-refractivity contribution in [2.24, 2.45) is 5.92 Å². The number of halogens is 1. The van der Waals surface area contributed by atoms with Crippen molar-refractivity contribution < 1.29 is 9.18 Å². The van der Waals surface area contributed by atoms with Gasteiger partial charge in [-0.1, -0.05) is 56.3 Å². The summed E-state index contributed by atoms with van der Waals surface area (Å²) in [6, 6.07) is 17.2. The Morgan fingerprint density at radius 3 is 2.43 bits per heavy atom. The van der Waals surface area contributed by atoms with Crippen molar-refractivity contribution >= 4 is 11.7 Å². The van der Waals surface area contributed by atoms with E-state index < -0.39 is 0 Å². The van der Waals surface area contributed by atoms with Gasteiger partial charge in [-0.15, -0.1) is 0 Å². The Labute approximate surface area is 164 Å². The van der Waals surface area contributed by atoms with Crippen LogP contribution < -0.4 is 10.6 Å². The van der Waals surface area contributed by atoms with E-state index in [4.69, 9.17) is 0 Å². The summed E-state index contributed by atoms with van der Waals surface area (Å²) in [5, 5.41) is 6.08. The number of amides is 1. The number of benzene rings is 2. The number of carbonyl (C=O) groups is 1. The Morgan fingerprint density at radius 2 is 1.75 bits per heavy atom. The molecule has 1 aromatic heterocycles. The van der Waals surface area contributed by atoms with Crippen LogP contribution in [0.1, 0.15) is 29.9 Å². The first kappa shape index (κ1) is 19.5. The van der Waals surface area contributed by atoms with Crippen LogP contribution in [0.15, 0.2) is 60.7 Å². The summed E-state index contributed by atoms with van der Waals surface area (Å²) in [5.41, 5.74) is 1.93. The molecule has 5 nitrogen and oxygen atoms in total. The van der Waals surface area contributed by atoms with Crippen molar-refractivity contribution in [3.05, 3.63) is 77.7 Å². The van der Waals surface area contributed by atoms with Gasteiger partial charge in [-0.25, -0.2) is 14.4 Å². The molecule has 0 fully saturated rings. The van der Waals surface area contributed by atoms with Crippen LogP contribution in [0.3, 0.4) is 0 Å². The van der Waals surface area contributed by atoms with E-state index in [2.05, 4.69) is 34.4 Å². The van der Waals surface area contributed by atoms with Gasteiger partial charge in [-0.3, -0.25) is 4.79 Å². The zero-order valence-electron chi connectivity index (χ0n) is 15.9. The molecule has 144 valence electrons. The van der Waals surface area contributed by atoms with Gasteiger partial charge in [0.25, 0.3) is 5.91 Å². The van der Waals surface area contributed by atoms with E-state index in [9.17, 15) is 9.18 Å². The Kier molecular flexibility index (Phi) is 6.32. The minimum atomic E-state index is -0.309. The number of nitrogens with zero attached hydrogens (tertiary/aromatic N) is 2. The van der Waals surface area contributed by atoms with Crippen molar-refractivity contribution in [3.8, 4) is 11.4 Å². The molecule has 2 aromatic carbocycles. The fraction of sp³-hybridized carbons (Fsp3) is 0.227. The lowest BCUT2D eigenvalue weighted by molar-refractivity contribution is 0.0946. The Hall–Kier alpha value is -3.28. The van der Waals surface area contributed by atoms with Crippen LogP contribution in [-0.4, -0.2) is 22.4 Å². The quantitative estimate of drug-likeness (QED) is 0.644. The molecule has 0 spiro atoms. The number of hydrogen-bond donors (Lipinski definition) is 2. The van der Waals surface area contributed by atoms with Crippen molar-refractivity contribution in [1.82, 2.24) is 15.3 Å². The van der Waals surface area contributed by atoms with Crippen LogP contribution in [0, 0.1) is 11.7 Å². The molecule has 0 aliphatic carbocycles. The van der Waals surface area contributed by atoms with Gasteiger partial charge in [0, 0.05) is 24.7 Å². The number of nitrogens with one attached hydrogen (secondary N) is 2. The van der Waals surface area contributed by atoms with Crippen LogP contribution in [-0.2, 0) is 6.54 Å². The third-order valence-electron chi connectivity index (χ3n) is 4.05. The van der Waals surface area contributed by atoms with Crippen molar-refractivity contribution in [2.45, 2.75) is 20.4 Å². The lowest BCUT2D eigenvalue weighted by atomic mass is 10.2. The third-order valence-corrected chi connectivity index (χ3v) is 4.05. The van der Waals surface area contributed by atoms with Crippen LogP contribution in [0.25, 0.3) is 11.4 Å². The smallest absolute Gasteiger partial charge is 0.270 e. The largest absolute Gasteiger partial charge is 0.370 e. The Bertz CT molecular complexity index is 927. The van der Waals surface area contributed by atoms with Gasteiger partial charge in [-0.05, 0) is 23.6 Å².